The standard InChI is InChI=1S/C15H17ClN4O5S3/c1-9(20(28(3,23)24)11-6-4-5-10(16)7-11)13(22)17-14-18-19-15(27-14)26-8-12(21)25-2/h4-7,9H,8H2,1-3H3,(H,17,18,22)/t9-/m1/s1. The molecule has 0 fully saturated rings. The molecule has 1 N–H and O–H groups in total. The fourth-order valence-corrected chi connectivity index (χ4v) is 5.07. The lowest BCUT2D eigenvalue weighted by molar-refractivity contribution is -0.137. The molecule has 2 aromatic rings. The van der Waals surface area contributed by atoms with Crippen molar-refractivity contribution in [3.05, 3.63) is 29.3 Å². The largest absolute Gasteiger partial charge is 0.468 e. The number of methoxy groups -OCH3 is 1. The third-order valence-electron chi connectivity index (χ3n) is 3.33. The third kappa shape index (κ3) is 6.06. The van der Waals surface area contributed by atoms with Gasteiger partial charge >= 0.3 is 5.97 Å². The van der Waals surface area contributed by atoms with Crippen LogP contribution in [0, 0.1) is 0 Å². The van der Waals surface area contributed by atoms with Crippen LogP contribution < -0.4 is 9.62 Å². The van der Waals surface area contributed by atoms with Crippen molar-refractivity contribution in [1.82, 2.24) is 10.2 Å². The summed E-state index contributed by atoms with van der Waals surface area (Å²) in [5, 5.41) is 10.7. The summed E-state index contributed by atoms with van der Waals surface area (Å²) in [5.41, 5.74) is 0.268. The second-order valence-corrected chi connectivity index (χ2v) is 9.94. The van der Waals surface area contributed by atoms with Crippen LogP contribution in [0.15, 0.2) is 28.6 Å². The van der Waals surface area contributed by atoms with Crippen LogP contribution >= 0.6 is 34.7 Å². The molecule has 2 rings (SSSR count). The van der Waals surface area contributed by atoms with Crippen LogP contribution in [-0.4, -0.2) is 55.7 Å². The van der Waals surface area contributed by atoms with E-state index in [1.54, 1.807) is 18.2 Å². The zero-order chi connectivity index (χ0) is 20.9. The Kier molecular flexibility index (Phi) is 7.63. The SMILES string of the molecule is COC(=O)CSc1nnc(NC(=O)[C@@H](C)N(c2cccc(Cl)c2)S(C)(=O)=O)s1. The Morgan fingerprint density at radius 3 is 2.71 bits per heavy atom. The van der Waals surface area contributed by atoms with E-state index in [0.29, 0.717) is 9.36 Å². The summed E-state index contributed by atoms with van der Waals surface area (Å²) >= 11 is 8.12. The maximum absolute atomic E-state index is 12.6. The van der Waals surface area contributed by atoms with E-state index in [-0.39, 0.29) is 16.6 Å². The number of sulfonamides is 1. The lowest BCUT2D eigenvalue weighted by atomic mass is 10.2. The smallest absolute Gasteiger partial charge is 0.316 e. The van der Waals surface area contributed by atoms with Gasteiger partial charge in [-0.3, -0.25) is 19.2 Å². The summed E-state index contributed by atoms with van der Waals surface area (Å²) in [4.78, 5) is 23.7. The molecule has 0 radical (unpaired) electrons. The van der Waals surface area contributed by atoms with Gasteiger partial charge in [0, 0.05) is 5.02 Å². The number of carbonyl (C=O) groups is 2. The second-order valence-electron chi connectivity index (χ2n) is 5.44. The monoisotopic (exact) mass is 464 g/mol. The molecule has 0 unspecified atom stereocenters. The first-order valence-electron chi connectivity index (χ1n) is 7.70. The van der Waals surface area contributed by atoms with E-state index in [4.69, 9.17) is 11.6 Å². The summed E-state index contributed by atoms with van der Waals surface area (Å²) in [7, 11) is -2.48. The Bertz CT molecular complexity index is 966. The van der Waals surface area contributed by atoms with Gasteiger partial charge in [-0.05, 0) is 25.1 Å². The molecule has 1 atom stereocenters. The Balaban J connectivity index is 2.13. The zero-order valence-electron chi connectivity index (χ0n) is 15.1. The zero-order valence-corrected chi connectivity index (χ0v) is 18.3. The highest BCUT2D eigenvalue weighted by molar-refractivity contribution is 8.01. The molecule has 1 aromatic heterocycles. The highest BCUT2D eigenvalue weighted by Crippen LogP contribution is 2.27. The van der Waals surface area contributed by atoms with Crippen LogP contribution in [0.1, 0.15) is 6.92 Å². The Labute approximate surface area is 175 Å². The normalized spacial score (nSPS) is 12.3. The van der Waals surface area contributed by atoms with E-state index in [1.165, 1.54) is 20.1 Å². The molecule has 0 bridgehead atoms. The maximum Gasteiger partial charge on any atom is 0.316 e. The second kappa shape index (κ2) is 9.54. The van der Waals surface area contributed by atoms with Crippen molar-refractivity contribution >= 4 is 67.4 Å². The Morgan fingerprint density at radius 1 is 1.39 bits per heavy atom. The first-order chi connectivity index (χ1) is 13.1. The van der Waals surface area contributed by atoms with Gasteiger partial charge in [-0.25, -0.2) is 8.42 Å². The first-order valence-corrected chi connectivity index (χ1v) is 11.7. The quantitative estimate of drug-likeness (QED) is 0.359. The fourth-order valence-electron chi connectivity index (χ4n) is 2.13. The lowest BCUT2D eigenvalue weighted by Crippen LogP contribution is -2.45. The number of nitrogens with zero attached hydrogens (tertiary/aromatic N) is 3. The minimum atomic E-state index is -3.76. The van der Waals surface area contributed by atoms with Crippen molar-refractivity contribution in [1.29, 1.82) is 0 Å². The molecule has 0 aliphatic carbocycles. The van der Waals surface area contributed by atoms with E-state index in [0.717, 1.165) is 33.7 Å². The number of nitrogens with one attached hydrogen (secondary N) is 1. The van der Waals surface area contributed by atoms with Gasteiger partial charge in [0.2, 0.25) is 21.1 Å². The number of halogens is 1. The molecule has 1 aromatic carbocycles. The van der Waals surface area contributed by atoms with Gasteiger partial charge in [-0.1, -0.05) is 40.8 Å². The average molecular weight is 465 g/mol. The predicted octanol–water partition coefficient (Wildman–Crippen LogP) is 2.25. The van der Waals surface area contributed by atoms with Crippen LogP contribution in [0.25, 0.3) is 0 Å². The Hall–Kier alpha value is -1.89. The number of carbonyl (C=O) groups excluding carboxylic acids is 2. The molecule has 0 saturated heterocycles. The number of ether oxygens (including phenoxy) is 1. The van der Waals surface area contributed by atoms with Gasteiger partial charge in [-0.2, -0.15) is 0 Å². The minimum absolute atomic E-state index is 0.0616. The summed E-state index contributed by atoms with van der Waals surface area (Å²) in [6, 6.07) is 5.13. The molecule has 9 nitrogen and oxygen atoms in total. The van der Waals surface area contributed by atoms with Crippen LogP contribution in [0.3, 0.4) is 0 Å². The van der Waals surface area contributed by atoms with Gasteiger partial charge in [0.15, 0.2) is 4.34 Å². The summed E-state index contributed by atoms with van der Waals surface area (Å²) in [6.45, 7) is 1.45. The van der Waals surface area contributed by atoms with Gasteiger partial charge in [0.1, 0.15) is 6.04 Å². The lowest BCUT2D eigenvalue weighted by Gasteiger charge is -2.27. The van der Waals surface area contributed by atoms with Crippen LogP contribution in [0.4, 0.5) is 10.8 Å². The van der Waals surface area contributed by atoms with E-state index in [1.807, 2.05) is 0 Å². The maximum atomic E-state index is 12.6. The third-order valence-corrected chi connectivity index (χ3v) is 6.75. The number of anilines is 2. The minimum Gasteiger partial charge on any atom is -0.468 e. The number of rotatable bonds is 8. The number of hydrogen-bond donors (Lipinski definition) is 1. The van der Waals surface area contributed by atoms with Gasteiger partial charge < -0.3 is 4.74 Å². The molecule has 28 heavy (non-hydrogen) atoms. The van der Waals surface area contributed by atoms with Crippen molar-refractivity contribution < 1.29 is 22.7 Å². The Morgan fingerprint density at radius 2 is 2.11 bits per heavy atom. The van der Waals surface area contributed by atoms with Crippen LogP contribution in [-0.2, 0) is 24.3 Å². The van der Waals surface area contributed by atoms with Crippen molar-refractivity contribution in [3.8, 4) is 0 Å². The van der Waals surface area contributed by atoms with E-state index >= 15 is 0 Å². The number of amides is 1. The number of hydrogen-bond acceptors (Lipinski definition) is 9. The molecule has 0 spiro atoms. The van der Waals surface area contributed by atoms with Crippen LogP contribution in [0.2, 0.25) is 5.02 Å². The number of aromatic nitrogens is 2. The van der Waals surface area contributed by atoms with E-state index in [2.05, 4.69) is 20.3 Å². The topological polar surface area (TPSA) is 119 Å². The van der Waals surface area contributed by atoms with Crippen molar-refractivity contribution in [2.45, 2.75) is 17.3 Å². The summed E-state index contributed by atoms with van der Waals surface area (Å²) in [5.74, 6) is -0.942. The number of benzene rings is 1. The fraction of sp³-hybridized carbons (Fsp3) is 0.333. The first kappa shape index (κ1) is 22.4. The van der Waals surface area contributed by atoms with E-state index in [9.17, 15) is 18.0 Å². The van der Waals surface area contributed by atoms with Crippen LogP contribution in [0.5, 0.6) is 0 Å². The van der Waals surface area contributed by atoms with Gasteiger partial charge in [0.25, 0.3) is 0 Å². The highest BCUT2D eigenvalue weighted by atomic mass is 35.5. The molecule has 0 saturated carbocycles. The molecule has 1 heterocycles. The average Bonchev–Trinajstić information content (AvgIpc) is 3.06. The molecular weight excluding hydrogens is 448 g/mol. The molecule has 0 aliphatic rings. The highest BCUT2D eigenvalue weighted by Gasteiger charge is 2.30. The summed E-state index contributed by atoms with van der Waals surface area (Å²) in [6.07, 6.45) is 1.00. The molecule has 0 aliphatic heterocycles. The molecule has 152 valence electrons. The van der Waals surface area contributed by atoms with Crippen molar-refractivity contribution in [2.75, 3.05) is 28.7 Å². The predicted molar refractivity (Wildman–Crippen MR) is 110 cm³/mol. The van der Waals surface area contributed by atoms with Gasteiger partial charge in [0.05, 0.1) is 24.8 Å². The summed E-state index contributed by atoms with van der Waals surface area (Å²) < 4.78 is 30.5. The molecule has 13 heteroatoms. The number of esters is 1. The van der Waals surface area contributed by atoms with Gasteiger partial charge in [-0.15, -0.1) is 10.2 Å². The van der Waals surface area contributed by atoms with E-state index < -0.39 is 27.9 Å². The molecular formula is C15H17ClN4O5S3. The van der Waals surface area contributed by atoms with Crippen molar-refractivity contribution in [2.24, 2.45) is 0 Å². The van der Waals surface area contributed by atoms with Crippen molar-refractivity contribution in [3.63, 3.8) is 0 Å². The molecule has 1 amide bonds. The number of thioether (sulfide) groups is 1.